The van der Waals surface area contributed by atoms with Gasteiger partial charge in [-0.15, -0.1) is 0 Å². The number of benzene rings is 1. The molecule has 2 rings (SSSR count). The molecule has 0 radical (unpaired) electrons. The molecule has 2 N–H and O–H groups in total. The summed E-state index contributed by atoms with van der Waals surface area (Å²) < 4.78 is 28.1. The van der Waals surface area contributed by atoms with Crippen LogP contribution in [0.4, 0.5) is 0 Å². The van der Waals surface area contributed by atoms with Crippen LogP contribution in [0, 0.1) is 12.8 Å². The Bertz CT molecular complexity index is 540. The van der Waals surface area contributed by atoms with E-state index in [1.807, 2.05) is 13.0 Å². The van der Waals surface area contributed by atoms with Crippen molar-refractivity contribution in [3.05, 3.63) is 28.2 Å². The summed E-state index contributed by atoms with van der Waals surface area (Å²) in [4.78, 5) is 0.352. The summed E-state index contributed by atoms with van der Waals surface area (Å²) >= 11 is 3.31. The fourth-order valence-electron chi connectivity index (χ4n) is 2.27. The van der Waals surface area contributed by atoms with E-state index in [0.717, 1.165) is 36.0 Å². The number of nitrogens with one attached hydrogen (secondary N) is 2. The second-order valence-corrected chi connectivity index (χ2v) is 7.63. The molecule has 106 valence electrons. The summed E-state index contributed by atoms with van der Waals surface area (Å²) in [6.45, 7) is 4.23. The minimum absolute atomic E-state index is 0.352. The van der Waals surface area contributed by atoms with Crippen LogP contribution in [0.15, 0.2) is 27.6 Å². The monoisotopic (exact) mass is 346 g/mol. The first-order valence-corrected chi connectivity index (χ1v) is 8.73. The van der Waals surface area contributed by atoms with Gasteiger partial charge in [-0.05, 0) is 56.5 Å². The Balaban J connectivity index is 2.07. The molecule has 1 fully saturated rings. The molecule has 0 aliphatic carbocycles. The van der Waals surface area contributed by atoms with Gasteiger partial charge in [0.2, 0.25) is 10.0 Å². The van der Waals surface area contributed by atoms with Gasteiger partial charge in [0.05, 0.1) is 4.90 Å². The number of piperidine rings is 1. The van der Waals surface area contributed by atoms with E-state index >= 15 is 0 Å². The van der Waals surface area contributed by atoms with Crippen LogP contribution in [0.25, 0.3) is 0 Å². The minimum Gasteiger partial charge on any atom is -0.316 e. The van der Waals surface area contributed by atoms with Crippen molar-refractivity contribution >= 4 is 26.0 Å². The molecule has 0 saturated carbocycles. The molecule has 1 atom stereocenters. The van der Waals surface area contributed by atoms with Gasteiger partial charge in [0.15, 0.2) is 0 Å². The van der Waals surface area contributed by atoms with Gasteiger partial charge in [0, 0.05) is 11.0 Å². The van der Waals surface area contributed by atoms with Gasteiger partial charge in [0.1, 0.15) is 0 Å². The highest BCUT2D eigenvalue weighted by molar-refractivity contribution is 9.10. The Morgan fingerprint density at radius 3 is 2.95 bits per heavy atom. The summed E-state index contributed by atoms with van der Waals surface area (Å²) in [5.41, 5.74) is 0.762. The van der Waals surface area contributed by atoms with Crippen LogP contribution in [0.3, 0.4) is 0 Å². The second kappa shape index (κ2) is 6.35. The Labute approximate surface area is 123 Å². The molecule has 4 nitrogen and oxygen atoms in total. The first-order valence-electron chi connectivity index (χ1n) is 6.45. The summed E-state index contributed by atoms with van der Waals surface area (Å²) in [6, 6.07) is 5.30. The highest BCUT2D eigenvalue weighted by Crippen LogP contribution is 2.20. The molecule has 6 heteroatoms. The van der Waals surface area contributed by atoms with E-state index in [0.29, 0.717) is 17.4 Å². The third-order valence-corrected chi connectivity index (χ3v) is 5.46. The molecule has 0 bridgehead atoms. The first-order chi connectivity index (χ1) is 8.99. The minimum atomic E-state index is -3.42. The molecular formula is C13H19BrN2O2S. The van der Waals surface area contributed by atoms with Crippen LogP contribution in [-0.4, -0.2) is 28.1 Å². The van der Waals surface area contributed by atoms with E-state index in [1.165, 1.54) is 0 Å². The average Bonchev–Trinajstić information content (AvgIpc) is 2.40. The average molecular weight is 347 g/mol. The Hall–Kier alpha value is -0.430. The molecule has 1 aliphatic rings. The van der Waals surface area contributed by atoms with Gasteiger partial charge in [-0.2, -0.15) is 0 Å². The summed E-state index contributed by atoms with van der Waals surface area (Å²) in [6.07, 6.45) is 2.19. The second-order valence-electron chi connectivity index (χ2n) is 4.97. The zero-order valence-corrected chi connectivity index (χ0v) is 13.4. The lowest BCUT2D eigenvalue weighted by molar-refractivity contribution is 0.376. The number of aryl methyl sites for hydroxylation is 1. The topological polar surface area (TPSA) is 58.2 Å². The SMILES string of the molecule is Cc1ccc(Br)cc1S(=O)(=O)NC[C@@H]1CCCNC1. The van der Waals surface area contributed by atoms with Gasteiger partial charge in [-0.3, -0.25) is 0 Å². The smallest absolute Gasteiger partial charge is 0.240 e. The van der Waals surface area contributed by atoms with Gasteiger partial charge >= 0.3 is 0 Å². The van der Waals surface area contributed by atoms with Crippen LogP contribution in [0.1, 0.15) is 18.4 Å². The number of halogens is 1. The number of hydrogen-bond donors (Lipinski definition) is 2. The first kappa shape index (κ1) is 15.0. The lowest BCUT2D eigenvalue weighted by Gasteiger charge is -2.23. The van der Waals surface area contributed by atoms with Crippen LogP contribution >= 0.6 is 15.9 Å². The van der Waals surface area contributed by atoms with Crippen molar-refractivity contribution in [2.45, 2.75) is 24.7 Å². The van der Waals surface area contributed by atoms with Crippen LogP contribution < -0.4 is 10.0 Å². The van der Waals surface area contributed by atoms with Crippen LogP contribution in [-0.2, 0) is 10.0 Å². The van der Waals surface area contributed by atoms with Crippen molar-refractivity contribution in [2.24, 2.45) is 5.92 Å². The van der Waals surface area contributed by atoms with Gasteiger partial charge in [-0.25, -0.2) is 13.1 Å². The van der Waals surface area contributed by atoms with Crippen LogP contribution in [0.2, 0.25) is 0 Å². The fourth-order valence-corrected chi connectivity index (χ4v) is 4.16. The van der Waals surface area contributed by atoms with Gasteiger partial charge in [-0.1, -0.05) is 22.0 Å². The van der Waals surface area contributed by atoms with Gasteiger partial charge in [0.25, 0.3) is 0 Å². The maximum atomic E-state index is 12.3. The summed E-state index contributed by atoms with van der Waals surface area (Å²) in [5, 5.41) is 3.29. The van der Waals surface area contributed by atoms with E-state index in [4.69, 9.17) is 0 Å². The van der Waals surface area contributed by atoms with E-state index in [-0.39, 0.29) is 0 Å². The molecule has 1 heterocycles. The number of sulfonamides is 1. The molecular weight excluding hydrogens is 328 g/mol. The standard InChI is InChI=1S/C13H19BrN2O2S/c1-10-4-5-12(14)7-13(10)19(17,18)16-9-11-3-2-6-15-8-11/h4-5,7,11,15-16H,2-3,6,8-9H2,1H3/t11-/m1/s1. The highest BCUT2D eigenvalue weighted by Gasteiger charge is 2.20. The molecule has 0 aromatic heterocycles. The molecule has 1 saturated heterocycles. The Morgan fingerprint density at radius 1 is 1.47 bits per heavy atom. The maximum Gasteiger partial charge on any atom is 0.240 e. The lowest BCUT2D eigenvalue weighted by Crippen LogP contribution is -2.38. The maximum absolute atomic E-state index is 12.3. The molecule has 0 unspecified atom stereocenters. The molecule has 0 spiro atoms. The Morgan fingerprint density at radius 2 is 2.26 bits per heavy atom. The molecule has 1 aromatic carbocycles. The molecule has 1 aromatic rings. The molecule has 1 aliphatic heterocycles. The summed E-state index contributed by atoms with van der Waals surface area (Å²) in [5.74, 6) is 0.385. The fraction of sp³-hybridized carbons (Fsp3) is 0.538. The van der Waals surface area contributed by atoms with E-state index in [2.05, 4.69) is 26.0 Å². The largest absolute Gasteiger partial charge is 0.316 e. The predicted octanol–water partition coefficient (Wildman–Crippen LogP) is 2.04. The van der Waals surface area contributed by atoms with E-state index in [1.54, 1.807) is 12.1 Å². The van der Waals surface area contributed by atoms with Crippen LogP contribution in [0.5, 0.6) is 0 Å². The van der Waals surface area contributed by atoms with Crippen molar-refractivity contribution in [1.29, 1.82) is 0 Å². The lowest BCUT2D eigenvalue weighted by atomic mass is 10.0. The molecule has 19 heavy (non-hydrogen) atoms. The Kier molecular flexibility index (Phi) is 5.00. The van der Waals surface area contributed by atoms with E-state index in [9.17, 15) is 8.42 Å². The third kappa shape index (κ3) is 4.02. The van der Waals surface area contributed by atoms with Crippen molar-refractivity contribution in [1.82, 2.24) is 10.0 Å². The van der Waals surface area contributed by atoms with Gasteiger partial charge < -0.3 is 5.32 Å². The zero-order valence-electron chi connectivity index (χ0n) is 10.9. The molecule has 0 amide bonds. The zero-order chi connectivity index (χ0) is 13.9. The van der Waals surface area contributed by atoms with Crippen molar-refractivity contribution in [3.63, 3.8) is 0 Å². The third-order valence-electron chi connectivity index (χ3n) is 3.40. The number of hydrogen-bond acceptors (Lipinski definition) is 3. The normalized spacial score (nSPS) is 20.4. The van der Waals surface area contributed by atoms with Crippen molar-refractivity contribution < 1.29 is 8.42 Å². The quantitative estimate of drug-likeness (QED) is 0.876. The van der Waals surface area contributed by atoms with E-state index < -0.39 is 10.0 Å². The summed E-state index contributed by atoms with van der Waals surface area (Å²) in [7, 11) is -3.42. The number of rotatable bonds is 4. The van der Waals surface area contributed by atoms with Crippen molar-refractivity contribution in [2.75, 3.05) is 19.6 Å². The highest BCUT2D eigenvalue weighted by atomic mass is 79.9. The predicted molar refractivity (Wildman–Crippen MR) is 79.7 cm³/mol. The van der Waals surface area contributed by atoms with Crippen molar-refractivity contribution in [3.8, 4) is 0 Å².